The van der Waals surface area contributed by atoms with E-state index in [0.29, 0.717) is 25.3 Å². The largest absolute Gasteiger partial charge is 0.463 e. The van der Waals surface area contributed by atoms with Gasteiger partial charge < -0.3 is 10.1 Å². The summed E-state index contributed by atoms with van der Waals surface area (Å²) >= 11 is 0. The third-order valence-electron chi connectivity index (χ3n) is 1.85. The van der Waals surface area contributed by atoms with Gasteiger partial charge in [0.25, 0.3) is 0 Å². The standard InChI is InChI=1S/C11H15N3O2/c1-3-16-11(15)9(2)6-13-7-10-4-5-12-8-14-10/h4-5,8,13H,2-3,6-7H2,1H3. The van der Waals surface area contributed by atoms with E-state index in [-0.39, 0.29) is 5.97 Å². The van der Waals surface area contributed by atoms with Crippen molar-refractivity contribution in [3.63, 3.8) is 0 Å². The van der Waals surface area contributed by atoms with Gasteiger partial charge in [0.15, 0.2) is 0 Å². The Morgan fingerprint density at radius 1 is 1.62 bits per heavy atom. The maximum absolute atomic E-state index is 11.2. The van der Waals surface area contributed by atoms with Crippen molar-refractivity contribution in [2.45, 2.75) is 13.5 Å². The second-order valence-corrected chi connectivity index (χ2v) is 3.13. The van der Waals surface area contributed by atoms with Gasteiger partial charge >= 0.3 is 5.97 Å². The minimum Gasteiger partial charge on any atom is -0.463 e. The Morgan fingerprint density at radius 2 is 2.44 bits per heavy atom. The number of nitrogens with one attached hydrogen (secondary N) is 1. The summed E-state index contributed by atoms with van der Waals surface area (Å²) in [5, 5.41) is 3.05. The van der Waals surface area contributed by atoms with Crippen molar-refractivity contribution in [2.24, 2.45) is 0 Å². The maximum Gasteiger partial charge on any atom is 0.334 e. The van der Waals surface area contributed by atoms with E-state index < -0.39 is 0 Å². The number of carbonyl (C=O) groups excluding carboxylic acids is 1. The van der Waals surface area contributed by atoms with Crippen molar-refractivity contribution < 1.29 is 9.53 Å². The van der Waals surface area contributed by atoms with Crippen LogP contribution in [-0.4, -0.2) is 29.1 Å². The Morgan fingerprint density at radius 3 is 3.06 bits per heavy atom. The maximum atomic E-state index is 11.2. The molecule has 1 aromatic rings. The highest BCUT2D eigenvalue weighted by molar-refractivity contribution is 5.88. The molecular formula is C11H15N3O2. The summed E-state index contributed by atoms with van der Waals surface area (Å²) in [5.41, 5.74) is 1.28. The predicted octanol–water partition coefficient (Wildman–Crippen LogP) is 0.685. The van der Waals surface area contributed by atoms with Gasteiger partial charge in [-0.3, -0.25) is 0 Å². The zero-order valence-electron chi connectivity index (χ0n) is 9.27. The van der Waals surface area contributed by atoms with Gasteiger partial charge in [-0.2, -0.15) is 0 Å². The van der Waals surface area contributed by atoms with E-state index in [1.165, 1.54) is 6.33 Å². The molecule has 5 nitrogen and oxygen atoms in total. The molecule has 0 radical (unpaired) electrons. The van der Waals surface area contributed by atoms with Crippen LogP contribution in [0.25, 0.3) is 0 Å². The highest BCUT2D eigenvalue weighted by Crippen LogP contribution is 1.94. The van der Waals surface area contributed by atoms with Gasteiger partial charge in [-0.1, -0.05) is 6.58 Å². The number of rotatable bonds is 6. The van der Waals surface area contributed by atoms with Crippen LogP contribution in [0.1, 0.15) is 12.6 Å². The molecule has 0 fully saturated rings. The third-order valence-corrected chi connectivity index (χ3v) is 1.85. The van der Waals surface area contributed by atoms with Gasteiger partial charge in [0.05, 0.1) is 12.3 Å². The summed E-state index contributed by atoms with van der Waals surface area (Å²) in [6, 6.07) is 1.81. The summed E-state index contributed by atoms with van der Waals surface area (Å²) in [7, 11) is 0. The number of hydrogen-bond acceptors (Lipinski definition) is 5. The van der Waals surface area contributed by atoms with Gasteiger partial charge in [-0.25, -0.2) is 14.8 Å². The molecule has 0 bridgehead atoms. The van der Waals surface area contributed by atoms with E-state index in [4.69, 9.17) is 4.74 Å². The Kier molecular flexibility index (Phi) is 5.15. The molecule has 1 rings (SSSR count). The van der Waals surface area contributed by atoms with E-state index in [1.807, 2.05) is 0 Å². The molecule has 0 spiro atoms. The molecule has 1 heterocycles. The molecule has 0 saturated carbocycles. The van der Waals surface area contributed by atoms with E-state index in [1.54, 1.807) is 19.2 Å². The fraction of sp³-hybridized carbons (Fsp3) is 0.364. The van der Waals surface area contributed by atoms with Gasteiger partial charge in [0, 0.05) is 24.9 Å². The molecule has 0 aliphatic heterocycles. The molecule has 0 aliphatic carbocycles. The topological polar surface area (TPSA) is 64.1 Å². The normalized spacial score (nSPS) is 9.81. The van der Waals surface area contributed by atoms with E-state index in [0.717, 1.165) is 5.69 Å². The van der Waals surface area contributed by atoms with Crippen LogP contribution in [0.5, 0.6) is 0 Å². The van der Waals surface area contributed by atoms with E-state index in [2.05, 4.69) is 21.9 Å². The SMILES string of the molecule is C=C(CNCc1ccncn1)C(=O)OCC. The molecule has 1 aromatic heterocycles. The number of hydrogen-bond donors (Lipinski definition) is 1. The third kappa shape index (κ3) is 4.18. The van der Waals surface area contributed by atoms with Crippen molar-refractivity contribution in [1.29, 1.82) is 0 Å². The van der Waals surface area contributed by atoms with Gasteiger partial charge in [0.1, 0.15) is 6.33 Å². The molecule has 16 heavy (non-hydrogen) atoms. The Bertz CT molecular complexity index is 352. The molecule has 1 N–H and O–H groups in total. The number of esters is 1. The lowest BCUT2D eigenvalue weighted by Gasteiger charge is -2.06. The van der Waals surface area contributed by atoms with Crippen LogP contribution >= 0.6 is 0 Å². The van der Waals surface area contributed by atoms with Crippen molar-refractivity contribution in [3.05, 3.63) is 36.4 Å². The Labute approximate surface area is 94.6 Å². The monoisotopic (exact) mass is 221 g/mol. The molecule has 0 atom stereocenters. The Hall–Kier alpha value is -1.75. The van der Waals surface area contributed by atoms with Crippen molar-refractivity contribution in [3.8, 4) is 0 Å². The second-order valence-electron chi connectivity index (χ2n) is 3.13. The van der Waals surface area contributed by atoms with Crippen LogP contribution in [-0.2, 0) is 16.1 Å². The highest BCUT2D eigenvalue weighted by Gasteiger charge is 2.06. The summed E-state index contributed by atoms with van der Waals surface area (Å²) < 4.78 is 4.80. The fourth-order valence-electron chi connectivity index (χ4n) is 1.07. The summed E-state index contributed by atoms with van der Waals surface area (Å²) in [5.74, 6) is -0.363. The molecule has 0 saturated heterocycles. The van der Waals surface area contributed by atoms with Gasteiger partial charge in [-0.05, 0) is 13.0 Å². The van der Waals surface area contributed by atoms with E-state index >= 15 is 0 Å². The van der Waals surface area contributed by atoms with Gasteiger partial charge in [-0.15, -0.1) is 0 Å². The molecule has 0 aromatic carbocycles. The first kappa shape index (κ1) is 12.3. The Balaban J connectivity index is 2.26. The van der Waals surface area contributed by atoms with Crippen LogP contribution in [0.2, 0.25) is 0 Å². The average molecular weight is 221 g/mol. The molecular weight excluding hydrogens is 206 g/mol. The number of aromatic nitrogens is 2. The zero-order valence-corrected chi connectivity index (χ0v) is 9.27. The molecule has 0 unspecified atom stereocenters. The fourth-order valence-corrected chi connectivity index (χ4v) is 1.07. The molecule has 5 heteroatoms. The van der Waals surface area contributed by atoms with Crippen molar-refractivity contribution >= 4 is 5.97 Å². The second kappa shape index (κ2) is 6.68. The minimum atomic E-state index is -0.363. The first-order valence-electron chi connectivity index (χ1n) is 5.04. The zero-order chi connectivity index (χ0) is 11.8. The van der Waals surface area contributed by atoms with Gasteiger partial charge in [0.2, 0.25) is 0 Å². The lowest BCUT2D eigenvalue weighted by molar-refractivity contribution is -0.138. The van der Waals surface area contributed by atoms with Crippen molar-refractivity contribution in [2.75, 3.05) is 13.2 Å². The van der Waals surface area contributed by atoms with Crippen LogP contribution < -0.4 is 5.32 Å². The van der Waals surface area contributed by atoms with Crippen LogP contribution in [0.3, 0.4) is 0 Å². The lowest BCUT2D eigenvalue weighted by Crippen LogP contribution is -2.21. The predicted molar refractivity (Wildman–Crippen MR) is 59.5 cm³/mol. The summed E-state index contributed by atoms with van der Waals surface area (Å²) in [6.45, 7) is 6.72. The number of carbonyl (C=O) groups is 1. The smallest absolute Gasteiger partial charge is 0.334 e. The summed E-state index contributed by atoms with van der Waals surface area (Å²) in [6.07, 6.45) is 3.15. The average Bonchev–Trinajstić information content (AvgIpc) is 2.30. The number of ether oxygens (including phenoxy) is 1. The summed E-state index contributed by atoms with van der Waals surface area (Å²) in [4.78, 5) is 19.0. The van der Waals surface area contributed by atoms with E-state index in [9.17, 15) is 4.79 Å². The first-order chi connectivity index (χ1) is 7.74. The van der Waals surface area contributed by atoms with Crippen molar-refractivity contribution in [1.82, 2.24) is 15.3 Å². The lowest BCUT2D eigenvalue weighted by atomic mass is 10.3. The molecule has 0 amide bonds. The quantitative estimate of drug-likeness (QED) is 0.565. The van der Waals surface area contributed by atoms with Crippen LogP contribution in [0.15, 0.2) is 30.7 Å². The van der Waals surface area contributed by atoms with Crippen LogP contribution in [0.4, 0.5) is 0 Å². The number of nitrogens with zero attached hydrogens (tertiary/aromatic N) is 2. The first-order valence-corrected chi connectivity index (χ1v) is 5.04. The molecule has 86 valence electrons. The van der Waals surface area contributed by atoms with Crippen LogP contribution in [0, 0.1) is 0 Å². The molecule has 0 aliphatic rings. The minimum absolute atomic E-state index is 0.363. The highest BCUT2D eigenvalue weighted by atomic mass is 16.5.